The lowest BCUT2D eigenvalue weighted by molar-refractivity contribution is -0.138. The monoisotopic (exact) mass is 246 g/mol. The maximum absolute atomic E-state index is 11.6. The predicted molar refractivity (Wildman–Crippen MR) is 65.6 cm³/mol. The smallest absolute Gasteiger partial charge is 0.229 e. The molecular weight excluding hydrogens is 232 g/mol. The van der Waals surface area contributed by atoms with Crippen LogP contribution < -0.4 is 5.32 Å². The Bertz CT molecular complexity index is 454. The first-order valence-corrected chi connectivity index (χ1v) is 5.85. The maximum Gasteiger partial charge on any atom is 0.229 e. The molecule has 1 saturated heterocycles. The van der Waals surface area contributed by atoms with Crippen LogP contribution in [-0.4, -0.2) is 29.2 Å². The van der Waals surface area contributed by atoms with Gasteiger partial charge in [-0.3, -0.25) is 19.3 Å². The molecule has 1 N–H and O–H groups in total. The van der Waals surface area contributed by atoms with E-state index in [9.17, 15) is 14.4 Å². The van der Waals surface area contributed by atoms with Gasteiger partial charge in [-0.05, 0) is 12.1 Å². The quantitative estimate of drug-likeness (QED) is 0.811. The van der Waals surface area contributed by atoms with Crippen LogP contribution in [0.5, 0.6) is 0 Å². The number of nitrogens with zero attached hydrogens (tertiary/aromatic N) is 1. The van der Waals surface area contributed by atoms with Crippen molar-refractivity contribution in [2.24, 2.45) is 0 Å². The maximum atomic E-state index is 11.6. The molecule has 0 unspecified atom stereocenters. The molecule has 0 aromatic heterocycles. The number of benzene rings is 1. The van der Waals surface area contributed by atoms with E-state index in [1.807, 2.05) is 18.2 Å². The van der Waals surface area contributed by atoms with Gasteiger partial charge in [0.15, 0.2) is 0 Å². The Morgan fingerprint density at radius 3 is 2.33 bits per heavy atom. The van der Waals surface area contributed by atoms with Gasteiger partial charge in [0.2, 0.25) is 17.7 Å². The van der Waals surface area contributed by atoms with Gasteiger partial charge in [0, 0.05) is 31.5 Å². The van der Waals surface area contributed by atoms with E-state index in [-0.39, 0.29) is 43.5 Å². The second-order valence-electron chi connectivity index (χ2n) is 4.10. The number of hydrogen-bond acceptors (Lipinski definition) is 3. The van der Waals surface area contributed by atoms with Gasteiger partial charge < -0.3 is 5.32 Å². The fraction of sp³-hybridized carbons (Fsp3) is 0.308. The number of likely N-dealkylation sites (tertiary alicyclic amines) is 1. The van der Waals surface area contributed by atoms with Gasteiger partial charge in [-0.2, -0.15) is 0 Å². The van der Waals surface area contributed by atoms with Crippen LogP contribution in [0.15, 0.2) is 30.3 Å². The van der Waals surface area contributed by atoms with Crippen molar-refractivity contribution in [3.05, 3.63) is 30.3 Å². The Morgan fingerprint density at radius 1 is 1.11 bits per heavy atom. The van der Waals surface area contributed by atoms with Gasteiger partial charge in [0.25, 0.3) is 0 Å². The molecule has 5 nitrogen and oxygen atoms in total. The van der Waals surface area contributed by atoms with Gasteiger partial charge in [-0.1, -0.05) is 18.2 Å². The highest BCUT2D eigenvalue weighted by Gasteiger charge is 2.28. The Kier molecular flexibility index (Phi) is 3.72. The van der Waals surface area contributed by atoms with E-state index in [4.69, 9.17) is 0 Å². The number of imide groups is 1. The number of amides is 3. The molecule has 0 radical (unpaired) electrons. The van der Waals surface area contributed by atoms with E-state index in [1.54, 1.807) is 12.1 Å². The van der Waals surface area contributed by atoms with Gasteiger partial charge in [0.1, 0.15) is 0 Å². The van der Waals surface area contributed by atoms with Crippen LogP contribution in [-0.2, 0) is 14.4 Å². The summed E-state index contributed by atoms with van der Waals surface area (Å²) in [6.45, 7) is 0.163. The molecule has 1 heterocycles. The Hall–Kier alpha value is -2.17. The Morgan fingerprint density at radius 2 is 1.72 bits per heavy atom. The summed E-state index contributed by atoms with van der Waals surface area (Å²) in [5.74, 6) is -0.575. The largest absolute Gasteiger partial charge is 0.326 e. The standard InChI is InChI=1S/C13H14N2O3/c16-11(14-10-4-2-1-3-5-10)8-9-15-12(17)6-7-13(15)18/h1-5H,6-9H2,(H,14,16). The van der Waals surface area contributed by atoms with Crippen LogP contribution in [0.4, 0.5) is 5.69 Å². The van der Waals surface area contributed by atoms with Crippen molar-refractivity contribution in [3.8, 4) is 0 Å². The van der Waals surface area contributed by atoms with Crippen LogP contribution in [0, 0.1) is 0 Å². The van der Waals surface area contributed by atoms with E-state index >= 15 is 0 Å². The highest BCUT2D eigenvalue weighted by atomic mass is 16.2. The molecule has 1 aromatic carbocycles. The molecule has 3 amide bonds. The summed E-state index contributed by atoms with van der Waals surface area (Å²) in [5, 5.41) is 2.71. The summed E-state index contributed by atoms with van der Waals surface area (Å²) < 4.78 is 0. The predicted octanol–water partition coefficient (Wildman–Crippen LogP) is 1.16. The Balaban J connectivity index is 1.82. The first-order valence-electron chi connectivity index (χ1n) is 5.85. The summed E-state index contributed by atoms with van der Waals surface area (Å²) in [5.41, 5.74) is 0.710. The number of rotatable bonds is 4. The normalized spacial score (nSPS) is 15.0. The van der Waals surface area contributed by atoms with Crippen molar-refractivity contribution >= 4 is 23.4 Å². The lowest BCUT2D eigenvalue weighted by Gasteiger charge is -2.13. The fourth-order valence-corrected chi connectivity index (χ4v) is 1.83. The van der Waals surface area contributed by atoms with Gasteiger partial charge in [-0.15, -0.1) is 0 Å². The minimum Gasteiger partial charge on any atom is -0.326 e. The summed E-state index contributed by atoms with van der Waals surface area (Å²) in [6, 6.07) is 9.07. The average molecular weight is 246 g/mol. The summed E-state index contributed by atoms with van der Waals surface area (Å²) >= 11 is 0. The van der Waals surface area contributed by atoms with Crippen LogP contribution in [0.25, 0.3) is 0 Å². The zero-order chi connectivity index (χ0) is 13.0. The SMILES string of the molecule is O=C(CCN1C(=O)CCC1=O)Nc1ccccc1. The topological polar surface area (TPSA) is 66.5 Å². The molecule has 1 aromatic rings. The van der Waals surface area contributed by atoms with Crippen molar-refractivity contribution in [1.29, 1.82) is 0 Å². The zero-order valence-electron chi connectivity index (χ0n) is 9.89. The fourth-order valence-electron chi connectivity index (χ4n) is 1.83. The van der Waals surface area contributed by atoms with Crippen molar-refractivity contribution < 1.29 is 14.4 Å². The molecular formula is C13H14N2O3. The van der Waals surface area contributed by atoms with E-state index < -0.39 is 0 Å². The highest BCUT2D eigenvalue weighted by Crippen LogP contribution is 2.12. The number of carbonyl (C=O) groups is 3. The van der Waals surface area contributed by atoms with E-state index in [0.29, 0.717) is 5.69 Å². The molecule has 1 fully saturated rings. The highest BCUT2D eigenvalue weighted by molar-refractivity contribution is 6.02. The van der Waals surface area contributed by atoms with E-state index in [0.717, 1.165) is 4.90 Å². The molecule has 18 heavy (non-hydrogen) atoms. The van der Waals surface area contributed by atoms with Crippen LogP contribution in [0.1, 0.15) is 19.3 Å². The molecule has 5 heteroatoms. The van der Waals surface area contributed by atoms with Gasteiger partial charge in [-0.25, -0.2) is 0 Å². The third-order valence-electron chi connectivity index (χ3n) is 2.77. The van der Waals surface area contributed by atoms with Gasteiger partial charge in [0.05, 0.1) is 0 Å². The molecule has 0 spiro atoms. The number of carbonyl (C=O) groups excluding carboxylic acids is 3. The third-order valence-corrected chi connectivity index (χ3v) is 2.77. The summed E-state index contributed by atoms with van der Waals surface area (Å²) in [4.78, 5) is 35.4. The second-order valence-corrected chi connectivity index (χ2v) is 4.10. The first kappa shape index (κ1) is 12.3. The molecule has 0 bridgehead atoms. The Labute approximate surface area is 105 Å². The first-order chi connectivity index (χ1) is 8.66. The lowest BCUT2D eigenvalue weighted by Crippen LogP contribution is -2.32. The molecule has 1 aliphatic rings. The number of anilines is 1. The number of nitrogens with one attached hydrogen (secondary N) is 1. The molecule has 0 aliphatic carbocycles. The van der Waals surface area contributed by atoms with Crippen molar-refractivity contribution in [3.63, 3.8) is 0 Å². The molecule has 0 atom stereocenters. The van der Waals surface area contributed by atoms with E-state index in [1.165, 1.54) is 0 Å². The van der Waals surface area contributed by atoms with Gasteiger partial charge >= 0.3 is 0 Å². The number of hydrogen-bond donors (Lipinski definition) is 1. The molecule has 94 valence electrons. The van der Waals surface area contributed by atoms with Crippen molar-refractivity contribution in [1.82, 2.24) is 4.90 Å². The molecule has 2 rings (SSSR count). The van der Waals surface area contributed by atoms with Crippen LogP contribution in [0.3, 0.4) is 0 Å². The zero-order valence-corrected chi connectivity index (χ0v) is 9.89. The molecule has 0 saturated carbocycles. The summed E-state index contributed by atoms with van der Waals surface area (Å²) in [7, 11) is 0. The van der Waals surface area contributed by atoms with E-state index in [2.05, 4.69) is 5.32 Å². The minimum atomic E-state index is -0.200. The minimum absolute atomic E-state index is 0.131. The van der Waals surface area contributed by atoms with Crippen LogP contribution in [0.2, 0.25) is 0 Å². The van der Waals surface area contributed by atoms with Crippen molar-refractivity contribution in [2.45, 2.75) is 19.3 Å². The number of para-hydroxylation sites is 1. The van der Waals surface area contributed by atoms with Crippen molar-refractivity contribution in [2.75, 3.05) is 11.9 Å². The third kappa shape index (κ3) is 2.94. The molecule has 1 aliphatic heterocycles. The lowest BCUT2D eigenvalue weighted by atomic mass is 10.3. The second kappa shape index (κ2) is 5.44. The summed E-state index contributed by atoms with van der Waals surface area (Å²) in [6.07, 6.45) is 0.657. The average Bonchev–Trinajstić information content (AvgIpc) is 2.68. The van der Waals surface area contributed by atoms with Crippen LogP contribution >= 0.6 is 0 Å².